The fraction of sp³-hybridized carbons (Fsp3) is 0.143. The highest BCUT2D eigenvalue weighted by molar-refractivity contribution is 7.14. The van der Waals surface area contributed by atoms with Crippen LogP contribution in [0.4, 0.5) is 4.39 Å². The van der Waals surface area contributed by atoms with Gasteiger partial charge >= 0.3 is 5.97 Å². The zero-order chi connectivity index (χ0) is 14.7. The van der Waals surface area contributed by atoms with Gasteiger partial charge in [0.2, 0.25) is 0 Å². The molecule has 1 heterocycles. The van der Waals surface area contributed by atoms with Gasteiger partial charge in [-0.1, -0.05) is 0 Å². The number of rotatable bonds is 5. The molecule has 20 heavy (non-hydrogen) atoms. The lowest BCUT2D eigenvalue weighted by Gasteiger charge is -2.07. The standard InChI is InChI=1S/C14H11FO4S/c1-8-10(5-13(20-8)14(17)18)7-19-12-3-2-9(6-16)4-11(12)15/h2-6H,7H2,1H3,(H,17,18). The predicted octanol–water partition coefficient (Wildman–Crippen LogP) is 3.29. The molecule has 0 radical (unpaired) electrons. The molecule has 1 aromatic heterocycles. The SMILES string of the molecule is Cc1sc(C(=O)O)cc1COc1ccc(C=O)cc1F. The third-order valence-corrected chi connectivity index (χ3v) is 3.79. The van der Waals surface area contributed by atoms with Crippen LogP contribution in [0.5, 0.6) is 5.75 Å². The van der Waals surface area contributed by atoms with Crippen molar-refractivity contribution in [1.29, 1.82) is 0 Å². The average molecular weight is 294 g/mol. The molecule has 0 atom stereocenters. The lowest BCUT2D eigenvalue weighted by molar-refractivity contribution is 0.0702. The summed E-state index contributed by atoms with van der Waals surface area (Å²) >= 11 is 1.15. The Kier molecular flexibility index (Phi) is 4.14. The zero-order valence-electron chi connectivity index (χ0n) is 10.6. The third kappa shape index (κ3) is 3.03. The highest BCUT2D eigenvalue weighted by Crippen LogP contribution is 2.24. The van der Waals surface area contributed by atoms with E-state index in [2.05, 4.69) is 0 Å². The van der Waals surface area contributed by atoms with E-state index in [9.17, 15) is 14.0 Å². The van der Waals surface area contributed by atoms with Crippen LogP contribution in [0.15, 0.2) is 24.3 Å². The number of hydrogen-bond acceptors (Lipinski definition) is 4. The van der Waals surface area contributed by atoms with Crippen molar-refractivity contribution in [2.24, 2.45) is 0 Å². The van der Waals surface area contributed by atoms with E-state index in [1.54, 1.807) is 6.92 Å². The number of aromatic carboxylic acids is 1. The Bertz CT molecular complexity index is 663. The van der Waals surface area contributed by atoms with E-state index in [4.69, 9.17) is 9.84 Å². The summed E-state index contributed by atoms with van der Waals surface area (Å²) in [5.41, 5.74) is 0.931. The highest BCUT2D eigenvalue weighted by atomic mass is 32.1. The maximum atomic E-state index is 13.6. The fourth-order valence-electron chi connectivity index (χ4n) is 1.63. The van der Waals surface area contributed by atoms with Crippen LogP contribution in [-0.2, 0) is 6.61 Å². The highest BCUT2D eigenvalue weighted by Gasteiger charge is 2.12. The van der Waals surface area contributed by atoms with Crippen LogP contribution in [0.3, 0.4) is 0 Å². The molecule has 0 aliphatic heterocycles. The van der Waals surface area contributed by atoms with E-state index in [1.165, 1.54) is 18.2 Å². The third-order valence-electron chi connectivity index (χ3n) is 2.71. The Balaban J connectivity index is 2.12. The maximum Gasteiger partial charge on any atom is 0.345 e. The Morgan fingerprint density at radius 2 is 2.20 bits per heavy atom. The number of hydrogen-bond donors (Lipinski definition) is 1. The van der Waals surface area contributed by atoms with E-state index in [-0.39, 0.29) is 22.8 Å². The summed E-state index contributed by atoms with van der Waals surface area (Å²) in [6, 6.07) is 5.43. The van der Waals surface area contributed by atoms with E-state index in [0.29, 0.717) is 11.8 Å². The van der Waals surface area contributed by atoms with Gasteiger partial charge < -0.3 is 9.84 Å². The topological polar surface area (TPSA) is 63.6 Å². The molecule has 2 aromatic rings. The summed E-state index contributed by atoms with van der Waals surface area (Å²) < 4.78 is 18.9. The molecular weight excluding hydrogens is 283 g/mol. The largest absolute Gasteiger partial charge is 0.486 e. The van der Waals surface area contributed by atoms with Crippen molar-refractivity contribution in [3.8, 4) is 5.75 Å². The van der Waals surface area contributed by atoms with Crippen molar-refractivity contribution >= 4 is 23.6 Å². The summed E-state index contributed by atoms with van der Waals surface area (Å²) in [4.78, 5) is 22.4. The number of ether oxygens (including phenoxy) is 1. The summed E-state index contributed by atoms with van der Waals surface area (Å²) in [5, 5.41) is 8.89. The van der Waals surface area contributed by atoms with Crippen LogP contribution < -0.4 is 4.74 Å². The minimum Gasteiger partial charge on any atom is -0.486 e. The minimum atomic E-state index is -0.995. The molecule has 104 valence electrons. The lowest BCUT2D eigenvalue weighted by atomic mass is 10.2. The Morgan fingerprint density at radius 3 is 2.75 bits per heavy atom. The molecule has 0 amide bonds. The van der Waals surface area contributed by atoms with Crippen LogP contribution in [0.1, 0.15) is 30.5 Å². The summed E-state index contributed by atoms with van der Waals surface area (Å²) in [6.07, 6.45) is 0.551. The molecule has 0 aliphatic rings. The number of carboxylic acid groups (broad SMARTS) is 1. The van der Waals surface area contributed by atoms with Gasteiger partial charge in [0, 0.05) is 16.0 Å². The van der Waals surface area contributed by atoms with E-state index in [0.717, 1.165) is 22.3 Å². The van der Waals surface area contributed by atoms with Crippen molar-refractivity contribution in [3.63, 3.8) is 0 Å². The number of carbonyl (C=O) groups excluding carboxylic acids is 1. The van der Waals surface area contributed by atoms with Gasteiger partial charge in [-0.05, 0) is 31.2 Å². The number of carboxylic acids is 1. The molecule has 2 rings (SSSR count). The molecular formula is C14H11FO4S. The molecule has 0 saturated carbocycles. The monoisotopic (exact) mass is 294 g/mol. The normalized spacial score (nSPS) is 10.3. The molecule has 4 nitrogen and oxygen atoms in total. The van der Waals surface area contributed by atoms with Crippen LogP contribution in [-0.4, -0.2) is 17.4 Å². The molecule has 6 heteroatoms. The first-order valence-corrected chi connectivity index (χ1v) is 6.53. The fourth-order valence-corrected chi connectivity index (χ4v) is 2.50. The second-order valence-corrected chi connectivity index (χ2v) is 5.35. The maximum absolute atomic E-state index is 13.6. The lowest BCUT2D eigenvalue weighted by Crippen LogP contribution is -1.98. The van der Waals surface area contributed by atoms with Crippen LogP contribution in [0.2, 0.25) is 0 Å². The smallest absolute Gasteiger partial charge is 0.345 e. The van der Waals surface area contributed by atoms with Gasteiger partial charge in [0.1, 0.15) is 17.8 Å². The van der Waals surface area contributed by atoms with Gasteiger partial charge in [-0.3, -0.25) is 4.79 Å². The van der Waals surface area contributed by atoms with Crippen molar-refractivity contribution in [2.45, 2.75) is 13.5 Å². The van der Waals surface area contributed by atoms with Crippen molar-refractivity contribution in [2.75, 3.05) is 0 Å². The zero-order valence-corrected chi connectivity index (χ0v) is 11.4. The van der Waals surface area contributed by atoms with Gasteiger partial charge in [-0.15, -0.1) is 11.3 Å². The number of aryl methyl sites for hydroxylation is 1. The quantitative estimate of drug-likeness (QED) is 0.859. The van der Waals surface area contributed by atoms with E-state index >= 15 is 0 Å². The van der Waals surface area contributed by atoms with Crippen molar-refractivity contribution in [1.82, 2.24) is 0 Å². The van der Waals surface area contributed by atoms with Gasteiger partial charge in [0.05, 0.1) is 0 Å². The number of carbonyl (C=O) groups is 2. The summed E-state index contributed by atoms with van der Waals surface area (Å²) in [7, 11) is 0. The van der Waals surface area contributed by atoms with Crippen molar-refractivity contribution in [3.05, 3.63) is 51.0 Å². The average Bonchev–Trinajstić information content (AvgIpc) is 2.79. The molecule has 0 unspecified atom stereocenters. The molecule has 1 aromatic carbocycles. The number of aldehydes is 1. The van der Waals surface area contributed by atoms with E-state index < -0.39 is 11.8 Å². The Hall–Kier alpha value is -2.21. The summed E-state index contributed by atoms with van der Waals surface area (Å²) in [6.45, 7) is 1.86. The summed E-state index contributed by atoms with van der Waals surface area (Å²) in [5.74, 6) is -1.59. The number of thiophene rings is 1. The second kappa shape index (κ2) is 5.83. The second-order valence-electron chi connectivity index (χ2n) is 4.09. The molecule has 0 saturated heterocycles. The number of benzene rings is 1. The van der Waals surface area contributed by atoms with E-state index in [1.807, 2.05) is 0 Å². The predicted molar refractivity (Wildman–Crippen MR) is 72.1 cm³/mol. The van der Waals surface area contributed by atoms with Crippen LogP contribution in [0, 0.1) is 12.7 Å². The first kappa shape index (κ1) is 14.2. The molecule has 0 bridgehead atoms. The first-order valence-electron chi connectivity index (χ1n) is 5.71. The first-order chi connectivity index (χ1) is 9.51. The van der Waals surface area contributed by atoms with Crippen LogP contribution >= 0.6 is 11.3 Å². The Labute approximate surface area is 118 Å². The molecule has 0 fully saturated rings. The molecule has 0 spiro atoms. The molecule has 1 N–H and O–H groups in total. The van der Waals surface area contributed by atoms with Gasteiger partial charge in [-0.25, -0.2) is 9.18 Å². The van der Waals surface area contributed by atoms with Gasteiger partial charge in [0.25, 0.3) is 0 Å². The van der Waals surface area contributed by atoms with Gasteiger partial charge in [0.15, 0.2) is 11.6 Å². The van der Waals surface area contributed by atoms with Gasteiger partial charge in [-0.2, -0.15) is 0 Å². The number of halogens is 1. The Morgan fingerprint density at radius 1 is 1.45 bits per heavy atom. The van der Waals surface area contributed by atoms with Crippen molar-refractivity contribution < 1.29 is 23.8 Å². The molecule has 0 aliphatic carbocycles. The van der Waals surface area contributed by atoms with Crippen LogP contribution in [0.25, 0.3) is 0 Å². The minimum absolute atomic E-state index is 0.0260.